The van der Waals surface area contributed by atoms with Crippen LogP contribution in [-0.4, -0.2) is 24.5 Å². The molecule has 0 aliphatic rings. The molecular formula is C22H22ClN3O2. The van der Waals surface area contributed by atoms with Gasteiger partial charge in [0, 0.05) is 29.1 Å². The second kappa shape index (κ2) is 9.24. The molecule has 0 atom stereocenters. The molecule has 0 saturated carbocycles. The van der Waals surface area contributed by atoms with E-state index in [9.17, 15) is 4.79 Å². The number of rotatable bonds is 7. The largest absolute Gasteiger partial charge is 0.497 e. The first-order chi connectivity index (χ1) is 13.5. The van der Waals surface area contributed by atoms with Gasteiger partial charge in [-0.15, -0.1) is 0 Å². The van der Waals surface area contributed by atoms with Gasteiger partial charge in [-0.25, -0.2) is 0 Å². The lowest BCUT2D eigenvalue weighted by Gasteiger charge is -2.10. The molecule has 2 N–H and O–H groups in total. The number of halogens is 1. The van der Waals surface area contributed by atoms with Gasteiger partial charge < -0.3 is 15.4 Å². The van der Waals surface area contributed by atoms with Crippen molar-refractivity contribution in [1.82, 2.24) is 4.98 Å². The van der Waals surface area contributed by atoms with Gasteiger partial charge in [-0.05, 0) is 66.9 Å². The average Bonchev–Trinajstić information content (AvgIpc) is 2.70. The second-order valence-electron chi connectivity index (χ2n) is 6.37. The third-order valence-electron chi connectivity index (χ3n) is 4.31. The van der Waals surface area contributed by atoms with Crippen LogP contribution >= 0.6 is 11.6 Å². The fraction of sp³-hybridized carbons (Fsp3) is 0.182. The maximum Gasteiger partial charge on any atom is 0.274 e. The summed E-state index contributed by atoms with van der Waals surface area (Å²) in [5.74, 6) is 0.583. The summed E-state index contributed by atoms with van der Waals surface area (Å²) in [6.45, 7) is 2.63. The monoisotopic (exact) mass is 395 g/mol. The number of benzene rings is 2. The summed E-state index contributed by atoms with van der Waals surface area (Å²) in [5.41, 5.74) is 3.98. The Morgan fingerprint density at radius 2 is 2.00 bits per heavy atom. The minimum atomic E-state index is -0.262. The number of hydrogen-bond donors (Lipinski definition) is 2. The van der Waals surface area contributed by atoms with E-state index in [1.165, 1.54) is 5.56 Å². The lowest BCUT2D eigenvalue weighted by atomic mass is 10.1. The molecule has 144 valence electrons. The standard InChI is InChI=1S/C22H22ClN3O2/c1-15-12-17(23)6-7-20(15)26-22(27)21-14-18(9-11-25-21)24-10-8-16-4-3-5-19(13-16)28-2/h3-7,9,11-14H,8,10H2,1-2H3,(H,24,25)(H,26,27). The Hall–Kier alpha value is -3.05. The van der Waals surface area contributed by atoms with Crippen molar-refractivity contribution in [2.24, 2.45) is 0 Å². The van der Waals surface area contributed by atoms with Crippen molar-refractivity contribution in [2.75, 3.05) is 24.3 Å². The predicted octanol–water partition coefficient (Wildman–Crippen LogP) is 4.96. The molecule has 0 aliphatic carbocycles. The molecule has 1 amide bonds. The molecule has 0 aliphatic heterocycles. The summed E-state index contributed by atoms with van der Waals surface area (Å²) >= 11 is 5.96. The SMILES string of the molecule is COc1cccc(CCNc2ccnc(C(=O)Nc3ccc(Cl)cc3C)c2)c1. The van der Waals surface area contributed by atoms with E-state index in [0.29, 0.717) is 16.4 Å². The van der Waals surface area contributed by atoms with Crippen LogP contribution in [0, 0.1) is 6.92 Å². The summed E-state index contributed by atoms with van der Waals surface area (Å²) in [7, 11) is 1.66. The van der Waals surface area contributed by atoms with Crippen LogP contribution in [0.3, 0.4) is 0 Å². The van der Waals surface area contributed by atoms with Crippen molar-refractivity contribution in [3.8, 4) is 5.75 Å². The van der Waals surface area contributed by atoms with Crippen LogP contribution in [0.4, 0.5) is 11.4 Å². The van der Waals surface area contributed by atoms with Gasteiger partial charge in [-0.2, -0.15) is 0 Å². The molecule has 3 aromatic rings. The fourth-order valence-electron chi connectivity index (χ4n) is 2.80. The van der Waals surface area contributed by atoms with Crippen molar-refractivity contribution in [2.45, 2.75) is 13.3 Å². The Morgan fingerprint density at radius 3 is 2.79 bits per heavy atom. The summed E-state index contributed by atoms with van der Waals surface area (Å²) in [6.07, 6.45) is 2.46. The van der Waals surface area contributed by atoms with E-state index in [2.05, 4.69) is 21.7 Å². The lowest BCUT2D eigenvalue weighted by molar-refractivity contribution is 0.102. The third-order valence-corrected chi connectivity index (χ3v) is 4.54. The number of nitrogens with one attached hydrogen (secondary N) is 2. The Labute approximate surface area is 169 Å². The Kier molecular flexibility index (Phi) is 6.50. The van der Waals surface area contributed by atoms with Crippen LogP contribution in [0.25, 0.3) is 0 Å². The number of hydrogen-bond acceptors (Lipinski definition) is 4. The van der Waals surface area contributed by atoms with Gasteiger partial charge in [0.15, 0.2) is 0 Å². The first kappa shape index (κ1) is 19.7. The molecule has 0 radical (unpaired) electrons. The number of aromatic nitrogens is 1. The number of amides is 1. The zero-order valence-electron chi connectivity index (χ0n) is 15.8. The number of carbonyl (C=O) groups excluding carboxylic acids is 1. The topological polar surface area (TPSA) is 63.2 Å². The number of aryl methyl sites for hydroxylation is 1. The van der Waals surface area contributed by atoms with E-state index in [0.717, 1.165) is 30.0 Å². The van der Waals surface area contributed by atoms with Gasteiger partial charge in [0.2, 0.25) is 0 Å². The van der Waals surface area contributed by atoms with Crippen LogP contribution in [-0.2, 0) is 6.42 Å². The molecule has 1 heterocycles. The van der Waals surface area contributed by atoms with E-state index in [4.69, 9.17) is 16.3 Å². The predicted molar refractivity (Wildman–Crippen MR) is 114 cm³/mol. The minimum Gasteiger partial charge on any atom is -0.497 e. The van der Waals surface area contributed by atoms with E-state index >= 15 is 0 Å². The Morgan fingerprint density at radius 1 is 1.14 bits per heavy atom. The van der Waals surface area contributed by atoms with Crippen molar-refractivity contribution in [3.05, 3.63) is 82.6 Å². The summed E-state index contributed by atoms with van der Waals surface area (Å²) in [4.78, 5) is 16.7. The minimum absolute atomic E-state index is 0.262. The van der Waals surface area contributed by atoms with Crippen molar-refractivity contribution < 1.29 is 9.53 Å². The first-order valence-corrected chi connectivity index (χ1v) is 9.33. The lowest BCUT2D eigenvalue weighted by Crippen LogP contribution is -2.15. The number of methoxy groups -OCH3 is 1. The maximum absolute atomic E-state index is 12.5. The molecule has 6 heteroatoms. The third kappa shape index (κ3) is 5.24. The van der Waals surface area contributed by atoms with Crippen LogP contribution in [0.15, 0.2) is 60.8 Å². The molecule has 1 aromatic heterocycles. The number of nitrogens with zero attached hydrogens (tertiary/aromatic N) is 1. The van der Waals surface area contributed by atoms with Crippen LogP contribution in [0.2, 0.25) is 5.02 Å². The summed E-state index contributed by atoms with van der Waals surface area (Å²) in [5, 5.41) is 6.84. The molecule has 0 spiro atoms. The highest BCUT2D eigenvalue weighted by molar-refractivity contribution is 6.30. The zero-order valence-corrected chi connectivity index (χ0v) is 16.6. The first-order valence-electron chi connectivity index (χ1n) is 8.95. The van der Waals surface area contributed by atoms with Crippen LogP contribution in [0.1, 0.15) is 21.6 Å². The van der Waals surface area contributed by atoms with Gasteiger partial charge in [0.1, 0.15) is 11.4 Å². The fourth-order valence-corrected chi connectivity index (χ4v) is 3.02. The zero-order chi connectivity index (χ0) is 19.9. The smallest absolute Gasteiger partial charge is 0.274 e. The van der Waals surface area contributed by atoms with Crippen molar-refractivity contribution in [1.29, 1.82) is 0 Å². The number of pyridine rings is 1. The highest BCUT2D eigenvalue weighted by Crippen LogP contribution is 2.20. The molecule has 2 aromatic carbocycles. The highest BCUT2D eigenvalue weighted by Gasteiger charge is 2.10. The normalized spacial score (nSPS) is 10.4. The van der Waals surface area contributed by atoms with Crippen LogP contribution < -0.4 is 15.4 Å². The van der Waals surface area contributed by atoms with Gasteiger partial charge >= 0.3 is 0 Å². The number of anilines is 2. The highest BCUT2D eigenvalue weighted by atomic mass is 35.5. The van der Waals surface area contributed by atoms with Gasteiger partial charge in [0.25, 0.3) is 5.91 Å². The molecule has 0 bridgehead atoms. The van der Waals surface area contributed by atoms with E-state index in [1.807, 2.05) is 31.2 Å². The summed E-state index contributed by atoms with van der Waals surface area (Å²) < 4.78 is 5.24. The molecule has 28 heavy (non-hydrogen) atoms. The quantitative estimate of drug-likeness (QED) is 0.593. The number of carbonyl (C=O) groups is 1. The average molecular weight is 396 g/mol. The summed E-state index contributed by atoms with van der Waals surface area (Å²) in [6, 6.07) is 16.9. The van der Waals surface area contributed by atoms with Crippen LogP contribution in [0.5, 0.6) is 5.75 Å². The second-order valence-corrected chi connectivity index (χ2v) is 6.81. The molecule has 0 saturated heterocycles. The molecular weight excluding hydrogens is 374 g/mol. The van der Waals surface area contributed by atoms with E-state index in [-0.39, 0.29) is 5.91 Å². The van der Waals surface area contributed by atoms with Crippen molar-refractivity contribution >= 4 is 28.9 Å². The Balaban J connectivity index is 1.60. The Bertz CT molecular complexity index is 976. The molecule has 3 rings (SSSR count). The van der Waals surface area contributed by atoms with Crippen molar-refractivity contribution in [3.63, 3.8) is 0 Å². The number of ether oxygens (including phenoxy) is 1. The van der Waals surface area contributed by atoms with E-state index < -0.39 is 0 Å². The van der Waals surface area contributed by atoms with Gasteiger partial charge in [-0.3, -0.25) is 9.78 Å². The molecule has 0 unspecified atom stereocenters. The maximum atomic E-state index is 12.5. The molecule has 0 fully saturated rings. The van der Waals surface area contributed by atoms with Gasteiger partial charge in [-0.1, -0.05) is 23.7 Å². The van der Waals surface area contributed by atoms with E-state index in [1.54, 1.807) is 37.6 Å². The van der Waals surface area contributed by atoms with Gasteiger partial charge in [0.05, 0.1) is 7.11 Å². The molecule has 5 nitrogen and oxygen atoms in total.